The van der Waals surface area contributed by atoms with Crippen LogP contribution in [0.2, 0.25) is 0 Å². The number of hydrogen-bond donors (Lipinski definition) is 8. The fraction of sp³-hybridized carbons (Fsp3) is 0.384. The summed E-state index contributed by atoms with van der Waals surface area (Å²) in [6, 6.07) is 16.3. The van der Waals surface area contributed by atoms with Crippen molar-refractivity contribution in [2.45, 2.75) is 164 Å². The van der Waals surface area contributed by atoms with Gasteiger partial charge in [-0.15, -0.1) is 10.1 Å². The van der Waals surface area contributed by atoms with E-state index in [-0.39, 0.29) is 126 Å². The normalized spacial score (nSPS) is 14.4. The summed E-state index contributed by atoms with van der Waals surface area (Å²) in [4.78, 5) is 117. The number of fused-ring (bicyclic) bond motifs is 2. The van der Waals surface area contributed by atoms with Crippen LogP contribution in [0.25, 0.3) is 22.1 Å². The predicted molar refractivity (Wildman–Crippen MR) is 517 cm³/mol. The number of anilines is 7. The molecule has 2 amide bonds. The molecule has 146 heavy (non-hydrogen) atoms. The van der Waals surface area contributed by atoms with E-state index in [1.165, 1.54) is 69.0 Å². The number of esters is 2. The van der Waals surface area contributed by atoms with E-state index in [4.69, 9.17) is 57.3 Å². The van der Waals surface area contributed by atoms with Crippen LogP contribution in [0.5, 0.6) is 0 Å². The minimum atomic E-state index is -4.88. The Morgan fingerprint density at radius 2 is 0.815 bits per heavy atom. The molecule has 0 unspecified atom stereocenters. The third-order valence-corrected chi connectivity index (χ3v) is 21.5. The Morgan fingerprint density at radius 1 is 0.466 bits per heavy atom. The van der Waals surface area contributed by atoms with Gasteiger partial charge >= 0.3 is 66.5 Å². The second kappa shape index (κ2) is 60.1. The van der Waals surface area contributed by atoms with E-state index in [9.17, 15) is 136 Å². The van der Waals surface area contributed by atoms with Gasteiger partial charge in [-0.1, -0.05) is 21.3 Å². The SMILES string of the molecule is C.CC(=O)Cl.CC(=O)Nc1c(Br)ccc(C(F)(F)F)c1[N+](=O)[O-].CC(=O)Nc1cc(C(F)(F)F)ccc1Br.C[C@@H]1CNC[C@H](CC(=O)OC(C)(C)C)C1.C[C@H]1C[C@@H](CC(=O)OC(C)(C)C)CN(c2ccc(C(F)(F)F)c3nccnc23)C1.FC(F)(F)c1ccc(Br)c2nccnc12.Nc1c(Br)ccc(C(F)(F)F)c1N.Nc1c(Br)ccc(C(F)(F)F)c1[N+](=O)[O-].Nc1cc(C(F)(F)F)ccc1Br.O=CC=O.O=[N+]([O-])O.[Fe]. The Balaban J connectivity index is 0. The standard InChI is InChI=1S/C21H26F3N3O2.C12H23NO2.C9H6BrF3N2O3.C9H4BrF3N2.C9H7BrF3NO.C7H4BrF3N2O2.C7H6BrF3N2.C7H5BrF3N.C2H3ClO.C2H2O2.CH4.Fe.HNO3/c1-13-9-14(10-17(28)29-20(2,3)4)12-27(11-13)16-6-5-15(21(22,23)24)18-19(16)26-8-7-25-18;1-9-5-10(8-13-7-9)6-11(14)15-12(2,3)4;1-4(16)14-7-6(10)3-2-5(9(11,12)13)8(7)15(17)18;10-6-2-1-5(9(11,12)13)7-8(6)15-4-3-14-7;1-5(15)14-8-4-6(9(11,12)13)2-3-7(8)10;8-4-2-1-3(7(9,10)11)6(5(4)12)13(14)15;8-4-2-1-3(7(9,10)11)5(12)6(4)13;8-5-2-1-4(3-6(5)12)7(9,10)11;1-2(3)4;3-1-2-4;;;2-1(3)4/h5-8,13-14H,9-12H2,1-4H3;9-10,13H,5-8H2,1-4H3;2-3H,1H3,(H,14,16);1-4H;2-4H,1H3,(H,14,15);1-2H,12H2;1-2H,12-13H2;1-3H,12H2;1H3;1-2H;1H4;;(H,2,3,4)/t13-,14-;9-,10-;;;;;;;;;;;/m00.........../s1. The minimum Gasteiger partial charge on any atom is -0.460 e. The van der Waals surface area contributed by atoms with Crippen LogP contribution >= 0.6 is 107 Å². The molecule has 0 bridgehead atoms. The monoisotopic (exact) mass is 2550 g/mol. The van der Waals surface area contributed by atoms with Gasteiger partial charge in [-0.2, -0.15) is 92.2 Å². The molecule has 12 N–H and O–H groups in total. The van der Waals surface area contributed by atoms with Gasteiger partial charge in [0.15, 0.2) is 12.6 Å². The number of piperidine rings is 2. The maximum absolute atomic E-state index is 13.4. The first-order valence-electron chi connectivity index (χ1n) is 40.0. The molecule has 0 radical (unpaired) electrons. The fourth-order valence-electron chi connectivity index (χ4n) is 12.1. The van der Waals surface area contributed by atoms with Crippen LogP contribution < -0.4 is 43.8 Å². The summed E-state index contributed by atoms with van der Waals surface area (Å²) in [6.45, 7) is 22.3. The second-order valence-corrected chi connectivity index (χ2v) is 37.3. The number of carbonyl (C=O) groups is 7. The number of nitrogens with zero attached hydrogens (tertiary/aromatic N) is 8. The molecule has 9 aromatic rings. The van der Waals surface area contributed by atoms with Gasteiger partial charge in [0.2, 0.25) is 17.1 Å². The first-order chi connectivity index (χ1) is 65.6. The first-order valence-corrected chi connectivity index (χ1v) is 45.1. The van der Waals surface area contributed by atoms with E-state index in [0.717, 1.165) is 87.5 Å². The molecule has 2 aliphatic heterocycles. The Hall–Kier alpha value is -10.7. The number of benzene rings is 7. The topological polar surface area (TPSA) is 483 Å². The number of rotatable bonds is 10. The number of nitrogens with two attached hydrogens (primary N) is 4. The Bertz CT molecular complexity index is 5910. The van der Waals surface area contributed by atoms with Crippen molar-refractivity contribution in [2.75, 3.05) is 64.6 Å². The molecule has 2 saturated heterocycles. The molecule has 60 heteroatoms. The number of nitrogens with one attached hydrogen (secondary N) is 3. The number of aldehydes is 2. The molecular formula is C86H91Br6ClF21FeN15O16. The molecule has 4 atom stereocenters. The third-order valence-electron chi connectivity index (χ3n) is 17.4. The van der Waals surface area contributed by atoms with Crippen molar-refractivity contribution in [3.63, 3.8) is 0 Å². The molecule has 11 rings (SSSR count). The molecular weight excluding hydrogens is 2470 g/mol. The Morgan fingerprint density at radius 3 is 1.21 bits per heavy atom. The second-order valence-electron chi connectivity index (χ2n) is 31.7. The smallest absolute Gasteiger partial charge is 0.423 e. The van der Waals surface area contributed by atoms with Gasteiger partial charge in [0.25, 0.3) is 5.09 Å². The average molecular weight is 2560 g/mol. The largest absolute Gasteiger partial charge is 0.460 e. The van der Waals surface area contributed by atoms with E-state index in [1.807, 2.05) is 51.8 Å². The number of aromatic nitrogens is 4. The number of nitrogen functional groups attached to an aromatic ring is 4. The molecule has 31 nitrogen and oxygen atoms in total. The summed E-state index contributed by atoms with van der Waals surface area (Å²) in [7, 11) is 0. The molecule has 0 spiro atoms. The molecule has 0 aliphatic carbocycles. The maximum atomic E-state index is 13.4. The van der Waals surface area contributed by atoms with E-state index in [2.05, 4.69) is 152 Å². The van der Waals surface area contributed by atoms with Gasteiger partial charge in [0.1, 0.15) is 55.8 Å². The molecule has 2 aromatic heterocycles. The molecule has 0 saturated carbocycles. The van der Waals surface area contributed by atoms with Crippen molar-refractivity contribution in [1.29, 1.82) is 0 Å². The molecule has 7 aromatic carbocycles. The maximum Gasteiger partial charge on any atom is 0.423 e. The summed E-state index contributed by atoms with van der Waals surface area (Å²) in [5.74, 6) is 0.00719. The number of carbonyl (C=O) groups excluding carboxylic acids is 7. The van der Waals surface area contributed by atoms with E-state index in [1.54, 1.807) is 0 Å². The number of halogens is 28. The predicted octanol–water partition coefficient (Wildman–Crippen LogP) is 26.1. The van der Waals surface area contributed by atoms with Crippen LogP contribution in [0.1, 0.15) is 148 Å². The van der Waals surface area contributed by atoms with Crippen molar-refractivity contribution in [2.24, 2.45) is 23.7 Å². The third kappa shape index (κ3) is 49.4. The van der Waals surface area contributed by atoms with E-state index in [0.29, 0.717) is 67.1 Å². The zero-order valence-electron chi connectivity index (χ0n) is 76.6. The van der Waals surface area contributed by atoms with Gasteiger partial charge < -0.3 is 58.5 Å². The van der Waals surface area contributed by atoms with E-state index >= 15 is 0 Å². The Labute approximate surface area is 883 Å². The average Bonchev–Trinajstić information content (AvgIpc) is 0.763. The van der Waals surface area contributed by atoms with Crippen LogP contribution in [0.4, 0.5) is 143 Å². The summed E-state index contributed by atoms with van der Waals surface area (Å²) >= 11 is 22.5. The first kappa shape index (κ1) is 137. The van der Waals surface area contributed by atoms with Crippen LogP contribution in [0, 0.1) is 54.0 Å². The molecule has 2 fully saturated rings. The van der Waals surface area contributed by atoms with Gasteiger partial charge in [-0.3, -0.25) is 73.7 Å². The van der Waals surface area contributed by atoms with Crippen LogP contribution in [-0.4, -0.2) is 119 Å². The summed E-state index contributed by atoms with van der Waals surface area (Å²) < 4.78 is 275. The summed E-state index contributed by atoms with van der Waals surface area (Å²) in [5.41, 5.74) is 10.4. The van der Waals surface area contributed by atoms with Gasteiger partial charge in [-0.05, 0) is 295 Å². The quantitative estimate of drug-likeness (QED) is 0.00725. The number of ether oxygens (including phenoxy) is 2. The van der Waals surface area contributed by atoms with Crippen LogP contribution in [0.15, 0.2) is 149 Å². The zero-order chi connectivity index (χ0) is 112. The molecule has 810 valence electrons. The number of nitro groups is 2. The number of amides is 2. The minimum absolute atomic E-state index is 0. The zero-order valence-corrected chi connectivity index (χ0v) is 87.9. The van der Waals surface area contributed by atoms with Crippen molar-refractivity contribution in [3.05, 3.63) is 218 Å². The fourth-order valence-corrected chi connectivity index (χ4v) is 14.2. The van der Waals surface area contributed by atoms with Gasteiger partial charge in [0.05, 0.1) is 66.8 Å². The van der Waals surface area contributed by atoms with Crippen molar-refractivity contribution in [1.82, 2.24) is 25.3 Å². The van der Waals surface area contributed by atoms with Crippen LogP contribution in [0.3, 0.4) is 0 Å². The number of hydrogen-bond acceptors (Lipinski definition) is 25. The number of nitro benzene ring substituents is 2. The number of alkyl halides is 21. The molecule has 4 heterocycles. The summed E-state index contributed by atoms with van der Waals surface area (Å²) in [6.07, 6.45) is -23.3. The van der Waals surface area contributed by atoms with Crippen molar-refractivity contribution < 1.29 is 172 Å². The van der Waals surface area contributed by atoms with Crippen molar-refractivity contribution >= 4 is 222 Å². The Kier molecular flexibility index (Phi) is 56.5. The van der Waals surface area contributed by atoms with Gasteiger partial charge in [-0.25, -0.2) is 0 Å². The van der Waals surface area contributed by atoms with Crippen molar-refractivity contribution in [3.8, 4) is 0 Å². The summed E-state index contributed by atoms with van der Waals surface area (Å²) in [5, 5.41) is 42.1. The van der Waals surface area contributed by atoms with E-state index < -0.39 is 143 Å². The van der Waals surface area contributed by atoms with Crippen LogP contribution in [-0.2, 0) is 103 Å². The molecule has 2 aliphatic rings. The van der Waals surface area contributed by atoms with Gasteiger partial charge in [0, 0.05) is 115 Å².